The number of methoxy groups -OCH3 is 1. The van der Waals surface area contributed by atoms with E-state index in [1.54, 1.807) is 0 Å². The molecule has 0 heterocycles. The summed E-state index contributed by atoms with van der Waals surface area (Å²) in [6, 6.07) is 22.8. The molecule has 0 N–H and O–H groups in total. The predicted molar refractivity (Wildman–Crippen MR) is 181 cm³/mol. The van der Waals surface area contributed by atoms with E-state index in [-0.39, 0.29) is 38.6 Å². The first-order chi connectivity index (χ1) is 22.4. The summed E-state index contributed by atoms with van der Waals surface area (Å²) in [5.74, 6) is 1.62. The summed E-state index contributed by atoms with van der Waals surface area (Å²) in [4.78, 5) is 23.2. The Morgan fingerprint density at radius 1 is 0.783 bits per heavy atom. The van der Waals surface area contributed by atoms with Crippen LogP contribution in [0.3, 0.4) is 0 Å². The van der Waals surface area contributed by atoms with Crippen molar-refractivity contribution >= 4 is 11.9 Å². The zero-order valence-electron chi connectivity index (χ0n) is 26.9. The lowest BCUT2D eigenvalue weighted by Gasteiger charge is -2.29. The van der Waals surface area contributed by atoms with Gasteiger partial charge < -0.3 is 23.7 Å². The fourth-order valence-electron chi connectivity index (χ4n) is 5.70. The van der Waals surface area contributed by atoms with E-state index in [1.807, 2.05) is 30.3 Å². The van der Waals surface area contributed by atoms with Gasteiger partial charge in [-0.25, -0.2) is 9.59 Å². The molecule has 1 aliphatic carbocycles. The minimum atomic E-state index is -0.485. The summed E-state index contributed by atoms with van der Waals surface area (Å²) in [6.45, 7) is 10.1. The average Bonchev–Trinajstić information content (AvgIpc) is 3.09. The Morgan fingerprint density at radius 2 is 1.37 bits per heavy atom. The predicted octanol–water partition coefficient (Wildman–Crippen LogP) is 8.10. The molecule has 0 saturated heterocycles. The van der Waals surface area contributed by atoms with Crippen LogP contribution in [0.2, 0.25) is 0 Å². The summed E-state index contributed by atoms with van der Waals surface area (Å²) < 4.78 is 26.8. The second-order valence-corrected chi connectivity index (χ2v) is 11.2. The quantitative estimate of drug-likeness (QED) is 0.0689. The number of carbonyl (C=O) groups is 2. The smallest absolute Gasteiger partial charge is 0.335 e. The summed E-state index contributed by atoms with van der Waals surface area (Å²) in [5.41, 5.74) is 6.11. The van der Waals surface area contributed by atoms with Crippen LogP contribution in [0.5, 0.6) is 11.5 Å². The van der Waals surface area contributed by atoms with Gasteiger partial charge in [0.25, 0.3) is 0 Å². The summed E-state index contributed by atoms with van der Waals surface area (Å²) >= 11 is 0. The molecule has 0 atom stereocenters. The number of ether oxygens (including phenoxy) is 5. The van der Waals surface area contributed by atoms with Crippen LogP contribution in [0.15, 0.2) is 104 Å². The molecule has 4 rings (SSSR count). The highest BCUT2D eigenvalue weighted by Crippen LogP contribution is 2.42. The van der Waals surface area contributed by atoms with Gasteiger partial charge >= 0.3 is 11.9 Å². The molecule has 7 heteroatoms. The van der Waals surface area contributed by atoms with Gasteiger partial charge in [-0.15, -0.1) is 0 Å². The minimum absolute atomic E-state index is 0.127. The molecule has 0 aliphatic heterocycles. The van der Waals surface area contributed by atoms with Gasteiger partial charge in [-0.05, 0) is 96.5 Å². The number of benzene rings is 3. The van der Waals surface area contributed by atoms with Gasteiger partial charge in [0.2, 0.25) is 0 Å². The maximum atomic E-state index is 11.8. The van der Waals surface area contributed by atoms with Crippen LogP contribution in [-0.2, 0) is 23.8 Å². The van der Waals surface area contributed by atoms with Crippen molar-refractivity contribution in [3.63, 3.8) is 0 Å². The molecular formula is C39H44O7. The van der Waals surface area contributed by atoms with E-state index in [9.17, 15) is 9.59 Å². The van der Waals surface area contributed by atoms with E-state index >= 15 is 0 Å². The average molecular weight is 625 g/mol. The van der Waals surface area contributed by atoms with Crippen molar-refractivity contribution in [2.45, 2.75) is 38.5 Å². The summed E-state index contributed by atoms with van der Waals surface area (Å²) in [7, 11) is 1.50. The van der Waals surface area contributed by atoms with Crippen molar-refractivity contribution in [2.75, 3.05) is 40.1 Å². The normalized spacial score (nSPS) is 16.0. The molecule has 0 bridgehead atoms. The Hall–Kier alpha value is -4.62. The zero-order valence-corrected chi connectivity index (χ0v) is 26.9. The van der Waals surface area contributed by atoms with Crippen LogP contribution in [-0.4, -0.2) is 52.1 Å². The van der Waals surface area contributed by atoms with Crippen molar-refractivity contribution in [2.24, 2.45) is 5.92 Å². The zero-order chi connectivity index (χ0) is 32.7. The van der Waals surface area contributed by atoms with Crippen LogP contribution in [0.4, 0.5) is 0 Å². The third-order valence-corrected chi connectivity index (χ3v) is 8.04. The first kappa shape index (κ1) is 34.3. The van der Waals surface area contributed by atoms with Crippen LogP contribution in [0.25, 0.3) is 22.3 Å². The van der Waals surface area contributed by atoms with Gasteiger partial charge in [0.05, 0.1) is 12.2 Å². The van der Waals surface area contributed by atoms with Gasteiger partial charge in [0.1, 0.15) is 37.9 Å². The third-order valence-electron chi connectivity index (χ3n) is 8.04. The number of rotatable bonds is 16. The third kappa shape index (κ3) is 9.94. The largest absolute Gasteiger partial charge is 0.490 e. The Kier molecular flexibility index (Phi) is 13.2. The second kappa shape index (κ2) is 17.8. The van der Waals surface area contributed by atoms with E-state index < -0.39 is 11.9 Å². The van der Waals surface area contributed by atoms with Crippen molar-refractivity contribution in [1.29, 1.82) is 0 Å². The molecule has 1 aliphatic rings. The van der Waals surface area contributed by atoms with E-state index in [1.165, 1.54) is 31.1 Å². The number of carbonyl (C=O) groups excluding carboxylic acids is 2. The fraction of sp³-hybridized carbons (Fsp3) is 0.333. The van der Waals surface area contributed by atoms with Crippen LogP contribution in [0.1, 0.15) is 44.1 Å². The molecule has 3 aromatic carbocycles. The Morgan fingerprint density at radius 3 is 2.00 bits per heavy atom. The number of hydrogen-bond acceptors (Lipinski definition) is 7. The van der Waals surface area contributed by atoms with Crippen LogP contribution in [0, 0.1) is 5.92 Å². The van der Waals surface area contributed by atoms with Crippen molar-refractivity contribution < 1.29 is 33.3 Å². The van der Waals surface area contributed by atoms with Gasteiger partial charge in [-0.2, -0.15) is 0 Å². The number of esters is 2. The molecule has 7 nitrogen and oxygen atoms in total. The first-order valence-electron chi connectivity index (χ1n) is 15.8. The standard InChI is InChI=1S/C39H44O7/c1-5-7-29-8-10-33(11-9-29)37-26-35(44-22-24-45-38(40)6-2)20-21-36(37)32-14-12-30(13-15-32)31-16-18-34(19-17-31)43-23-25-46-39(41)28(3)27-42-4/h5-7,12-21,26,29,33H,2-3,8-11,22-25,27H2,1,4H3/b7-5+. The molecule has 0 spiro atoms. The first-order valence-corrected chi connectivity index (χ1v) is 15.8. The maximum Gasteiger partial charge on any atom is 0.335 e. The summed E-state index contributed by atoms with van der Waals surface area (Å²) in [6.07, 6.45) is 10.2. The Bertz CT molecular complexity index is 1480. The lowest BCUT2D eigenvalue weighted by atomic mass is 9.76. The van der Waals surface area contributed by atoms with Gasteiger partial charge in [0.15, 0.2) is 0 Å². The van der Waals surface area contributed by atoms with Gasteiger partial charge in [-0.3, -0.25) is 0 Å². The van der Waals surface area contributed by atoms with E-state index in [4.69, 9.17) is 23.7 Å². The summed E-state index contributed by atoms with van der Waals surface area (Å²) in [5, 5.41) is 0. The second-order valence-electron chi connectivity index (χ2n) is 11.2. The molecule has 3 aromatic rings. The number of allylic oxidation sites excluding steroid dienone is 2. The van der Waals surface area contributed by atoms with Crippen molar-refractivity contribution in [1.82, 2.24) is 0 Å². The minimum Gasteiger partial charge on any atom is -0.490 e. The molecule has 0 amide bonds. The Balaban J connectivity index is 1.42. The van der Waals surface area contributed by atoms with Gasteiger partial charge in [-0.1, -0.05) is 67.8 Å². The molecular weight excluding hydrogens is 580 g/mol. The molecule has 46 heavy (non-hydrogen) atoms. The topological polar surface area (TPSA) is 80.3 Å². The molecule has 0 aromatic heterocycles. The monoisotopic (exact) mass is 624 g/mol. The lowest BCUT2D eigenvalue weighted by molar-refractivity contribution is -0.140. The molecule has 0 unspecified atom stereocenters. The highest BCUT2D eigenvalue weighted by atomic mass is 16.6. The highest BCUT2D eigenvalue weighted by molar-refractivity contribution is 5.88. The van der Waals surface area contributed by atoms with Crippen molar-refractivity contribution in [3.05, 3.63) is 109 Å². The SMILES string of the molecule is C=CC(=O)OCCOc1ccc(-c2ccc(-c3ccc(OCCOC(=O)C(=C)COC)cc3)cc2)c(C2CCC(/C=C/C)CC2)c1. The molecule has 242 valence electrons. The van der Waals surface area contributed by atoms with E-state index in [0.717, 1.165) is 41.4 Å². The molecule has 1 fully saturated rings. The Labute approximate surface area is 272 Å². The molecule has 0 radical (unpaired) electrons. The van der Waals surface area contributed by atoms with Gasteiger partial charge in [0, 0.05) is 13.2 Å². The fourth-order valence-corrected chi connectivity index (χ4v) is 5.70. The van der Waals surface area contributed by atoms with Crippen LogP contribution < -0.4 is 9.47 Å². The van der Waals surface area contributed by atoms with Crippen LogP contribution >= 0.6 is 0 Å². The van der Waals surface area contributed by atoms with E-state index in [2.05, 4.69) is 68.6 Å². The van der Waals surface area contributed by atoms with Crippen molar-refractivity contribution in [3.8, 4) is 33.8 Å². The number of hydrogen-bond donors (Lipinski definition) is 0. The maximum absolute atomic E-state index is 11.8. The lowest BCUT2D eigenvalue weighted by Crippen LogP contribution is -2.15. The highest BCUT2D eigenvalue weighted by Gasteiger charge is 2.24. The van der Waals surface area contributed by atoms with E-state index in [0.29, 0.717) is 17.6 Å². The molecule has 1 saturated carbocycles.